The van der Waals surface area contributed by atoms with Gasteiger partial charge in [-0.15, -0.1) is 0 Å². The minimum absolute atomic E-state index is 0.0369. The van der Waals surface area contributed by atoms with Gasteiger partial charge in [-0.1, -0.05) is 5.16 Å². The van der Waals surface area contributed by atoms with Crippen LogP contribution in [0.15, 0.2) is 46.3 Å². The molecule has 2 heterocycles. The second kappa shape index (κ2) is 10.0. The molecule has 0 fully saturated rings. The lowest BCUT2D eigenvalue weighted by molar-refractivity contribution is -0.120. The summed E-state index contributed by atoms with van der Waals surface area (Å²) in [4.78, 5) is 32.4. The van der Waals surface area contributed by atoms with Gasteiger partial charge in [0.2, 0.25) is 23.5 Å². The van der Waals surface area contributed by atoms with Gasteiger partial charge < -0.3 is 15.6 Å². The van der Waals surface area contributed by atoms with Crippen molar-refractivity contribution < 1.29 is 31.7 Å². The van der Waals surface area contributed by atoms with Gasteiger partial charge in [-0.25, -0.2) is 22.5 Å². The van der Waals surface area contributed by atoms with E-state index in [1.807, 2.05) is 0 Å². The molecule has 0 bridgehead atoms. The van der Waals surface area contributed by atoms with Gasteiger partial charge in [-0.05, 0) is 48.9 Å². The Labute approximate surface area is 196 Å². The van der Waals surface area contributed by atoms with Crippen LogP contribution in [-0.4, -0.2) is 26.9 Å². The largest absolute Gasteiger partial charge is 0.366 e. The van der Waals surface area contributed by atoms with Crippen molar-refractivity contribution in [2.45, 2.75) is 38.0 Å². The normalized spacial score (nSPS) is 15.8. The Morgan fingerprint density at radius 3 is 2.66 bits per heavy atom. The molecule has 1 aliphatic carbocycles. The molecule has 3 aromatic rings. The topological polar surface area (TPSA) is 124 Å². The van der Waals surface area contributed by atoms with Gasteiger partial charge >= 0.3 is 0 Å². The van der Waals surface area contributed by atoms with E-state index < -0.39 is 41.0 Å². The standard InChI is InChI=1S/C23H19F4N5O3/c24-12-2-4-17(29-10-12)23-31-20(35-32-23)6-5-19(33)30-18-7-11(1-3-14(18)22(28)34)15-8-13(25)9-16(26)21(15)27/h2,4,8-11H,1,3,5-7H2,(H2,28,34)(H,30,33). The van der Waals surface area contributed by atoms with Crippen LogP contribution in [0.5, 0.6) is 0 Å². The van der Waals surface area contributed by atoms with Crippen molar-refractivity contribution in [3.05, 3.63) is 76.5 Å². The van der Waals surface area contributed by atoms with Crippen LogP contribution in [0.3, 0.4) is 0 Å². The Balaban J connectivity index is 1.43. The molecular weight excluding hydrogens is 470 g/mol. The molecule has 35 heavy (non-hydrogen) atoms. The highest BCUT2D eigenvalue weighted by atomic mass is 19.2. The summed E-state index contributed by atoms with van der Waals surface area (Å²) in [5.74, 6) is -5.61. The number of benzene rings is 1. The molecule has 0 saturated heterocycles. The summed E-state index contributed by atoms with van der Waals surface area (Å²) < 4.78 is 59.7. The number of aryl methyl sites for hydroxylation is 1. The average Bonchev–Trinajstić information content (AvgIpc) is 3.29. The fourth-order valence-electron chi connectivity index (χ4n) is 3.90. The Morgan fingerprint density at radius 1 is 1.14 bits per heavy atom. The maximum absolute atomic E-state index is 14.3. The number of aromatic nitrogens is 3. The zero-order valence-corrected chi connectivity index (χ0v) is 18.2. The van der Waals surface area contributed by atoms with Crippen molar-refractivity contribution in [2.24, 2.45) is 5.73 Å². The number of nitrogens with one attached hydrogen (secondary N) is 1. The number of primary amides is 1. The minimum Gasteiger partial charge on any atom is -0.366 e. The number of rotatable bonds is 7. The number of hydrogen-bond donors (Lipinski definition) is 2. The van der Waals surface area contributed by atoms with Crippen molar-refractivity contribution in [3.63, 3.8) is 0 Å². The van der Waals surface area contributed by atoms with Crippen LogP contribution in [0, 0.1) is 23.3 Å². The van der Waals surface area contributed by atoms with Crippen LogP contribution in [0.25, 0.3) is 11.5 Å². The third-order valence-electron chi connectivity index (χ3n) is 5.60. The second-order valence-electron chi connectivity index (χ2n) is 7.97. The van der Waals surface area contributed by atoms with Gasteiger partial charge in [0, 0.05) is 30.2 Å². The summed E-state index contributed by atoms with van der Waals surface area (Å²) in [5.41, 5.74) is 5.87. The van der Waals surface area contributed by atoms with Gasteiger partial charge in [0.25, 0.3) is 0 Å². The predicted molar refractivity (Wildman–Crippen MR) is 113 cm³/mol. The fourth-order valence-corrected chi connectivity index (χ4v) is 3.90. The highest BCUT2D eigenvalue weighted by molar-refractivity contribution is 5.94. The van der Waals surface area contributed by atoms with Crippen molar-refractivity contribution in [2.75, 3.05) is 0 Å². The van der Waals surface area contributed by atoms with Crippen LogP contribution in [0.2, 0.25) is 0 Å². The molecule has 12 heteroatoms. The number of nitrogens with two attached hydrogens (primary N) is 1. The van der Waals surface area contributed by atoms with Gasteiger partial charge in [-0.3, -0.25) is 9.59 Å². The van der Waals surface area contributed by atoms with Gasteiger partial charge in [0.1, 0.15) is 17.3 Å². The molecule has 2 aromatic heterocycles. The molecule has 182 valence electrons. The third-order valence-corrected chi connectivity index (χ3v) is 5.60. The van der Waals surface area contributed by atoms with Crippen LogP contribution in [0.4, 0.5) is 17.6 Å². The first-order valence-electron chi connectivity index (χ1n) is 10.6. The molecule has 2 amide bonds. The number of carbonyl (C=O) groups excluding carboxylic acids is 2. The first kappa shape index (κ1) is 24.0. The number of hydrogen-bond acceptors (Lipinski definition) is 6. The van der Waals surface area contributed by atoms with E-state index in [1.165, 1.54) is 12.1 Å². The summed E-state index contributed by atoms with van der Waals surface area (Å²) in [6.45, 7) is 0. The number of halogens is 4. The van der Waals surface area contributed by atoms with Crippen molar-refractivity contribution >= 4 is 11.8 Å². The average molecular weight is 489 g/mol. The minimum atomic E-state index is -1.31. The van der Waals surface area contributed by atoms with Crippen LogP contribution in [-0.2, 0) is 16.0 Å². The van der Waals surface area contributed by atoms with Gasteiger partial charge in [0.05, 0.1) is 6.20 Å². The molecule has 1 aromatic carbocycles. The van der Waals surface area contributed by atoms with Crippen LogP contribution >= 0.6 is 0 Å². The summed E-state index contributed by atoms with van der Waals surface area (Å²) in [5, 5.41) is 6.34. The third kappa shape index (κ3) is 5.53. The molecule has 4 rings (SSSR count). The Kier molecular flexibility index (Phi) is 6.90. The molecule has 0 spiro atoms. The molecule has 3 N–H and O–H groups in total. The zero-order valence-electron chi connectivity index (χ0n) is 18.2. The lowest BCUT2D eigenvalue weighted by atomic mass is 9.82. The monoisotopic (exact) mass is 489 g/mol. The molecular formula is C23H19F4N5O3. The molecule has 8 nitrogen and oxygen atoms in total. The highest BCUT2D eigenvalue weighted by Gasteiger charge is 2.29. The van der Waals surface area contributed by atoms with E-state index in [4.69, 9.17) is 10.3 Å². The zero-order chi connectivity index (χ0) is 25.1. The second-order valence-corrected chi connectivity index (χ2v) is 7.97. The van der Waals surface area contributed by atoms with E-state index >= 15 is 0 Å². The number of nitrogens with zero attached hydrogens (tertiary/aromatic N) is 3. The van der Waals surface area contributed by atoms with E-state index in [0.717, 1.165) is 12.3 Å². The molecule has 0 radical (unpaired) electrons. The van der Waals surface area contributed by atoms with Crippen molar-refractivity contribution in [1.82, 2.24) is 20.4 Å². The van der Waals surface area contributed by atoms with E-state index in [0.29, 0.717) is 6.07 Å². The van der Waals surface area contributed by atoms with Crippen LogP contribution < -0.4 is 11.1 Å². The lowest BCUT2D eigenvalue weighted by Gasteiger charge is -2.27. The SMILES string of the molecule is NC(=O)C1=C(NC(=O)CCc2nc(-c3ccc(F)cn3)no2)CC(c2cc(F)cc(F)c2F)CC1. The number of pyridine rings is 1. The summed E-state index contributed by atoms with van der Waals surface area (Å²) in [6.07, 6.45) is 1.23. The number of carbonyl (C=O) groups is 2. The molecule has 1 unspecified atom stereocenters. The van der Waals surface area contributed by atoms with E-state index in [1.54, 1.807) is 0 Å². The van der Waals surface area contributed by atoms with Gasteiger partial charge in [-0.2, -0.15) is 4.98 Å². The van der Waals surface area contributed by atoms with Crippen molar-refractivity contribution in [1.29, 1.82) is 0 Å². The Morgan fingerprint density at radius 2 is 1.94 bits per heavy atom. The smallest absolute Gasteiger partial charge is 0.246 e. The summed E-state index contributed by atoms with van der Waals surface area (Å²) in [6, 6.07) is 3.92. The maximum atomic E-state index is 14.3. The lowest BCUT2D eigenvalue weighted by Crippen LogP contribution is -2.31. The highest BCUT2D eigenvalue weighted by Crippen LogP contribution is 2.37. The van der Waals surface area contributed by atoms with E-state index in [2.05, 4.69) is 20.4 Å². The van der Waals surface area contributed by atoms with Gasteiger partial charge in [0.15, 0.2) is 11.6 Å². The Hall–Kier alpha value is -4.09. The summed E-state index contributed by atoms with van der Waals surface area (Å²) in [7, 11) is 0. The predicted octanol–water partition coefficient (Wildman–Crippen LogP) is 3.44. The van der Waals surface area contributed by atoms with Crippen molar-refractivity contribution in [3.8, 4) is 11.5 Å². The first-order valence-corrected chi connectivity index (χ1v) is 10.6. The fraction of sp³-hybridized carbons (Fsp3) is 0.261. The molecule has 0 aliphatic heterocycles. The number of allylic oxidation sites excluding steroid dienone is 1. The molecule has 1 atom stereocenters. The summed E-state index contributed by atoms with van der Waals surface area (Å²) >= 11 is 0. The van der Waals surface area contributed by atoms with Crippen LogP contribution in [0.1, 0.15) is 43.1 Å². The molecule has 1 aliphatic rings. The first-order chi connectivity index (χ1) is 16.7. The molecule has 0 saturated carbocycles. The van der Waals surface area contributed by atoms with E-state index in [-0.39, 0.29) is 66.3 Å². The van der Waals surface area contributed by atoms with E-state index in [9.17, 15) is 27.2 Å². The quantitative estimate of drug-likeness (QED) is 0.387. The maximum Gasteiger partial charge on any atom is 0.246 e. The Bertz CT molecular complexity index is 1310. The number of amides is 2.